The van der Waals surface area contributed by atoms with Gasteiger partial charge in [0.25, 0.3) is 0 Å². The fourth-order valence-corrected chi connectivity index (χ4v) is 0.637. The first-order valence-electron chi connectivity index (χ1n) is 3.95. The van der Waals surface area contributed by atoms with Gasteiger partial charge in [-0.1, -0.05) is 42.0 Å². The van der Waals surface area contributed by atoms with Crippen LogP contribution in [0, 0.1) is 13.8 Å². The SMILES string of the molecule is C=CC(=O)O.Cc1ccc(C)cc1. The quantitative estimate of drug-likeness (QED) is 0.671. The van der Waals surface area contributed by atoms with Gasteiger partial charge in [0.1, 0.15) is 0 Å². The minimum atomic E-state index is -0.981. The van der Waals surface area contributed by atoms with Crippen LogP contribution in [-0.2, 0) is 4.79 Å². The van der Waals surface area contributed by atoms with E-state index >= 15 is 0 Å². The number of carbonyl (C=O) groups is 1. The number of hydrogen-bond acceptors (Lipinski definition) is 1. The van der Waals surface area contributed by atoms with Crippen molar-refractivity contribution in [2.24, 2.45) is 0 Å². The van der Waals surface area contributed by atoms with Gasteiger partial charge in [0.15, 0.2) is 0 Å². The van der Waals surface area contributed by atoms with Crippen molar-refractivity contribution in [1.82, 2.24) is 0 Å². The second kappa shape index (κ2) is 6.00. The normalized spacial score (nSPS) is 8.15. The van der Waals surface area contributed by atoms with Crippen molar-refractivity contribution in [1.29, 1.82) is 0 Å². The molecule has 0 amide bonds. The van der Waals surface area contributed by atoms with Gasteiger partial charge in [-0.15, -0.1) is 0 Å². The lowest BCUT2D eigenvalue weighted by molar-refractivity contribution is -0.131. The maximum absolute atomic E-state index is 9.25. The second-order valence-electron chi connectivity index (χ2n) is 2.70. The van der Waals surface area contributed by atoms with Crippen molar-refractivity contribution in [2.45, 2.75) is 13.8 Å². The fraction of sp³-hybridized carbons (Fsp3) is 0.182. The Balaban J connectivity index is 0.000000252. The van der Waals surface area contributed by atoms with Gasteiger partial charge in [0, 0.05) is 6.08 Å². The molecule has 0 aliphatic carbocycles. The van der Waals surface area contributed by atoms with E-state index < -0.39 is 5.97 Å². The van der Waals surface area contributed by atoms with Crippen LogP contribution < -0.4 is 0 Å². The highest BCUT2D eigenvalue weighted by Crippen LogP contribution is 1.99. The molecule has 2 heteroatoms. The molecule has 0 fully saturated rings. The number of hydrogen-bond donors (Lipinski definition) is 1. The van der Waals surface area contributed by atoms with Gasteiger partial charge < -0.3 is 5.11 Å². The largest absolute Gasteiger partial charge is 0.478 e. The van der Waals surface area contributed by atoms with Crippen LogP contribution in [-0.4, -0.2) is 11.1 Å². The maximum atomic E-state index is 9.25. The summed E-state index contributed by atoms with van der Waals surface area (Å²) in [6.07, 6.45) is 0.833. The topological polar surface area (TPSA) is 37.3 Å². The maximum Gasteiger partial charge on any atom is 0.327 e. The third-order valence-corrected chi connectivity index (χ3v) is 1.39. The van der Waals surface area contributed by atoms with Crippen molar-refractivity contribution in [3.8, 4) is 0 Å². The Hall–Kier alpha value is -1.57. The number of aliphatic carboxylic acids is 1. The van der Waals surface area contributed by atoms with Crippen molar-refractivity contribution in [3.63, 3.8) is 0 Å². The first-order valence-corrected chi connectivity index (χ1v) is 3.95. The summed E-state index contributed by atoms with van der Waals surface area (Å²) in [4.78, 5) is 9.25. The van der Waals surface area contributed by atoms with E-state index in [2.05, 4.69) is 44.7 Å². The Kier molecular flexibility index (Phi) is 5.28. The summed E-state index contributed by atoms with van der Waals surface area (Å²) < 4.78 is 0. The molecule has 0 aliphatic rings. The molecule has 13 heavy (non-hydrogen) atoms. The summed E-state index contributed by atoms with van der Waals surface area (Å²) in [6.45, 7) is 7.15. The summed E-state index contributed by atoms with van der Waals surface area (Å²) in [6, 6.07) is 8.48. The van der Waals surface area contributed by atoms with Crippen LogP contribution in [0.25, 0.3) is 0 Å². The molecule has 0 saturated heterocycles. The van der Waals surface area contributed by atoms with Gasteiger partial charge in [-0.25, -0.2) is 4.79 Å². The van der Waals surface area contributed by atoms with E-state index in [0.717, 1.165) is 6.08 Å². The second-order valence-corrected chi connectivity index (χ2v) is 2.70. The van der Waals surface area contributed by atoms with Gasteiger partial charge in [0.05, 0.1) is 0 Å². The van der Waals surface area contributed by atoms with Gasteiger partial charge in [0.2, 0.25) is 0 Å². The first-order chi connectivity index (χ1) is 6.06. The zero-order chi connectivity index (χ0) is 10.3. The summed E-state index contributed by atoms with van der Waals surface area (Å²) in [5, 5.41) is 7.60. The van der Waals surface area contributed by atoms with Gasteiger partial charge in [-0.2, -0.15) is 0 Å². The Morgan fingerprint density at radius 2 is 1.46 bits per heavy atom. The van der Waals surface area contributed by atoms with Crippen LogP contribution in [0.4, 0.5) is 0 Å². The highest BCUT2D eigenvalue weighted by atomic mass is 16.4. The molecule has 1 aromatic carbocycles. The average molecular weight is 178 g/mol. The molecule has 0 bridgehead atoms. The molecule has 0 saturated carbocycles. The minimum Gasteiger partial charge on any atom is -0.478 e. The van der Waals surface area contributed by atoms with Gasteiger partial charge in [-0.05, 0) is 13.8 Å². The molecule has 0 radical (unpaired) electrons. The lowest BCUT2D eigenvalue weighted by atomic mass is 10.2. The zero-order valence-corrected chi connectivity index (χ0v) is 7.95. The van der Waals surface area contributed by atoms with Crippen LogP contribution in [0.15, 0.2) is 36.9 Å². The van der Waals surface area contributed by atoms with E-state index in [1.165, 1.54) is 11.1 Å². The number of aryl methyl sites for hydroxylation is 2. The van der Waals surface area contributed by atoms with Gasteiger partial charge in [-0.3, -0.25) is 0 Å². The van der Waals surface area contributed by atoms with Gasteiger partial charge >= 0.3 is 5.97 Å². The summed E-state index contributed by atoms with van der Waals surface area (Å²) >= 11 is 0. The smallest absolute Gasteiger partial charge is 0.327 e. The molecular weight excluding hydrogens is 164 g/mol. The molecule has 1 N–H and O–H groups in total. The van der Waals surface area contributed by atoms with Crippen molar-refractivity contribution < 1.29 is 9.90 Å². The molecule has 0 unspecified atom stereocenters. The highest BCUT2D eigenvalue weighted by molar-refractivity contribution is 5.78. The molecule has 1 aromatic rings. The Morgan fingerprint density at radius 3 is 1.62 bits per heavy atom. The monoisotopic (exact) mass is 178 g/mol. The summed E-state index contributed by atoms with van der Waals surface area (Å²) in [5.74, 6) is -0.981. The van der Waals surface area contributed by atoms with E-state index in [0.29, 0.717) is 0 Å². The van der Waals surface area contributed by atoms with Crippen LogP contribution in [0.2, 0.25) is 0 Å². The number of benzene rings is 1. The van der Waals surface area contributed by atoms with Crippen molar-refractivity contribution >= 4 is 5.97 Å². The Morgan fingerprint density at radius 1 is 1.23 bits per heavy atom. The van der Waals surface area contributed by atoms with Crippen molar-refractivity contribution in [2.75, 3.05) is 0 Å². The van der Waals surface area contributed by atoms with E-state index in [9.17, 15) is 4.79 Å². The summed E-state index contributed by atoms with van der Waals surface area (Å²) in [5.41, 5.74) is 2.66. The van der Waals surface area contributed by atoms with E-state index in [1.807, 2.05) is 0 Å². The third kappa shape index (κ3) is 6.81. The molecule has 0 atom stereocenters. The number of rotatable bonds is 1. The van der Waals surface area contributed by atoms with Crippen LogP contribution in [0.3, 0.4) is 0 Å². The third-order valence-electron chi connectivity index (χ3n) is 1.39. The van der Waals surface area contributed by atoms with E-state index in [4.69, 9.17) is 5.11 Å². The fourth-order valence-electron chi connectivity index (χ4n) is 0.637. The standard InChI is InChI=1S/C8H10.C3H4O2/c1-7-3-5-8(2)6-4-7;1-2-3(4)5/h3-6H,1-2H3;2H,1H2,(H,4,5). The molecule has 0 aromatic heterocycles. The molecule has 1 rings (SSSR count). The number of carboxylic acid groups (broad SMARTS) is 1. The predicted octanol–water partition coefficient (Wildman–Crippen LogP) is 2.56. The lowest BCUT2D eigenvalue weighted by Crippen LogP contribution is -1.82. The highest BCUT2D eigenvalue weighted by Gasteiger charge is 1.79. The van der Waals surface area contributed by atoms with Crippen LogP contribution in [0.5, 0.6) is 0 Å². The molecule has 0 heterocycles. The molecule has 0 spiro atoms. The number of carboxylic acids is 1. The summed E-state index contributed by atoms with van der Waals surface area (Å²) in [7, 11) is 0. The Labute approximate surface area is 78.5 Å². The zero-order valence-electron chi connectivity index (χ0n) is 7.95. The lowest BCUT2D eigenvalue weighted by Gasteiger charge is -1.90. The van der Waals surface area contributed by atoms with Crippen LogP contribution in [0.1, 0.15) is 11.1 Å². The van der Waals surface area contributed by atoms with Crippen molar-refractivity contribution in [3.05, 3.63) is 48.0 Å². The molecule has 0 aliphatic heterocycles. The Bertz CT molecular complexity index is 252. The van der Waals surface area contributed by atoms with Crippen LogP contribution >= 0.6 is 0 Å². The first kappa shape index (κ1) is 11.4. The molecule has 2 nitrogen and oxygen atoms in total. The average Bonchev–Trinajstić information content (AvgIpc) is 2.11. The predicted molar refractivity (Wildman–Crippen MR) is 53.7 cm³/mol. The molecular formula is C11H14O2. The van der Waals surface area contributed by atoms with E-state index in [-0.39, 0.29) is 0 Å². The minimum absolute atomic E-state index is 0.833. The molecule has 70 valence electrons. The van der Waals surface area contributed by atoms with E-state index in [1.54, 1.807) is 0 Å².